The predicted molar refractivity (Wildman–Crippen MR) is 111 cm³/mol. The lowest BCUT2D eigenvalue weighted by Gasteiger charge is -2.17. The molecule has 0 spiro atoms. The van der Waals surface area contributed by atoms with Gasteiger partial charge in [-0.15, -0.1) is 0 Å². The lowest BCUT2D eigenvalue weighted by Crippen LogP contribution is -2.26. The van der Waals surface area contributed by atoms with Crippen molar-refractivity contribution in [2.45, 2.75) is 17.6 Å². The molecule has 0 saturated heterocycles. The van der Waals surface area contributed by atoms with Crippen LogP contribution in [0.2, 0.25) is 0 Å². The Kier molecular flexibility index (Phi) is 6.30. The van der Waals surface area contributed by atoms with Gasteiger partial charge in [-0.2, -0.15) is 0 Å². The minimum atomic E-state index is -4.05. The van der Waals surface area contributed by atoms with Crippen LogP contribution in [-0.4, -0.2) is 33.5 Å². The van der Waals surface area contributed by atoms with Gasteiger partial charge in [0, 0.05) is 31.1 Å². The number of alkyl halides is 1. The van der Waals surface area contributed by atoms with Gasteiger partial charge < -0.3 is 19.8 Å². The van der Waals surface area contributed by atoms with Gasteiger partial charge in [0.05, 0.1) is 16.5 Å². The number of carbonyl (C=O) groups excluding carboxylic acids is 1. The predicted octanol–water partition coefficient (Wildman–Crippen LogP) is 2.16. The van der Waals surface area contributed by atoms with Crippen LogP contribution < -0.4 is 21.2 Å². The van der Waals surface area contributed by atoms with E-state index in [9.17, 15) is 26.8 Å². The van der Waals surface area contributed by atoms with E-state index in [1.165, 1.54) is 32.3 Å². The maximum Gasteiger partial charge on any atom is 0.414 e. The highest BCUT2D eigenvalue weighted by Crippen LogP contribution is 2.32. The average molecular weight is 467 g/mol. The minimum Gasteiger partial charge on any atom is -0.422 e. The zero-order chi connectivity index (χ0) is 23.8. The van der Waals surface area contributed by atoms with Gasteiger partial charge in [-0.25, -0.2) is 31.9 Å². The number of rotatable bonds is 5. The molecule has 3 aromatic rings. The molecule has 4 N–H and O–H groups in total. The number of halogens is 2. The maximum atomic E-state index is 14.6. The fraction of sp³-hybridized carbons (Fsp3) is 0.200. The zero-order valence-electron chi connectivity index (χ0n) is 17.0. The Morgan fingerprint density at radius 1 is 1.25 bits per heavy atom. The average Bonchev–Trinajstić information content (AvgIpc) is 2.72. The Balaban J connectivity index is 2.18. The molecule has 0 aliphatic heterocycles. The van der Waals surface area contributed by atoms with Gasteiger partial charge in [0.25, 0.3) is 0 Å². The maximum absolute atomic E-state index is 14.6. The molecule has 1 atom stereocenters. The molecular weight excluding hydrogens is 448 g/mol. The normalized spacial score (nSPS) is 12.6. The Morgan fingerprint density at radius 2 is 1.94 bits per heavy atom. The van der Waals surface area contributed by atoms with Crippen LogP contribution in [0.4, 0.5) is 13.6 Å². The van der Waals surface area contributed by atoms with Gasteiger partial charge in [0.1, 0.15) is 12.3 Å². The highest BCUT2D eigenvalue weighted by atomic mass is 32.2. The standard InChI is InChI=1S/C20H19F2N3O6S/c1-25(2)20(27)31-16-8-15-12(7-14(16)22)13(9-21)17(19(26)30-15)18(23)10-4-3-5-11(6-10)32(24,28)29/h3-8,18H,9,23H2,1-2H3,(H2,24,28,29). The fourth-order valence-electron chi connectivity index (χ4n) is 3.05. The Morgan fingerprint density at radius 3 is 2.53 bits per heavy atom. The molecule has 1 heterocycles. The van der Waals surface area contributed by atoms with Gasteiger partial charge in [0.2, 0.25) is 10.0 Å². The van der Waals surface area contributed by atoms with E-state index in [2.05, 4.69) is 0 Å². The smallest absolute Gasteiger partial charge is 0.414 e. The van der Waals surface area contributed by atoms with Crippen molar-refractivity contribution in [1.82, 2.24) is 4.90 Å². The van der Waals surface area contributed by atoms with Gasteiger partial charge in [-0.3, -0.25) is 0 Å². The van der Waals surface area contributed by atoms with Crippen LogP contribution in [0.25, 0.3) is 11.0 Å². The first-order chi connectivity index (χ1) is 14.9. The molecule has 0 bridgehead atoms. The van der Waals surface area contributed by atoms with E-state index < -0.39 is 46.0 Å². The Bertz CT molecular complexity index is 1370. The summed E-state index contributed by atoms with van der Waals surface area (Å²) in [5, 5.41) is 5.02. The molecule has 3 rings (SSSR count). The molecule has 32 heavy (non-hydrogen) atoms. The second kappa shape index (κ2) is 8.65. The SMILES string of the molecule is CN(C)C(=O)Oc1cc2oc(=O)c(C(N)c3cccc(S(N)(=O)=O)c3)c(CF)c2cc1F. The van der Waals surface area contributed by atoms with Crippen LogP contribution in [0, 0.1) is 5.82 Å². The first-order valence-corrected chi connectivity index (χ1v) is 10.6. The number of hydrogen-bond donors (Lipinski definition) is 2. The summed E-state index contributed by atoms with van der Waals surface area (Å²) in [6.07, 6.45) is -0.871. The van der Waals surface area contributed by atoms with E-state index in [0.29, 0.717) is 0 Å². The molecule has 0 fully saturated rings. The monoisotopic (exact) mass is 467 g/mol. The number of nitrogens with two attached hydrogens (primary N) is 2. The van der Waals surface area contributed by atoms with Crippen molar-refractivity contribution in [3.05, 3.63) is 69.3 Å². The number of amides is 1. The van der Waals surface area contributed by atoms with Crippen molar-refractivity contribution >= 4 is 27.1 Å². The van der Waals surface area contributed by atoms with E-state index in [1.807, 2.05) is 0 Å². The lowest BCUT2D eigenvalue weighted by atomic mass is 9.95. The second-order valence-corrected chi connectivity index (χ2v) is 8.61. The van der Waals surface area contributed by atoms with E-state index in [1.54, 1.807) is 0 Å². The number of fused-ring (bicyclic) bond motifs is 1. The molecule has 12 heteroatoms. The van der Waals surface area contributed by atoms with E-state index in [-0.39, 0.29) is 32.6 Å². The van der Waals surface area contributed by atoms with Crippen molar-refractivity contribution < 1.29 is 31.1 Å². The summed E-state index contributed by atoms with van der Waals surface area (Å²) in [5.41, 5.74) is 4.48. The third-order valence-corrected chi connectivity index (χ3v) is 5.57. The molecule has 1 unspecified atom stereocenters. The van der Waals surface area contributed by atoms with Crippen LogP contribution in [-0.2, 0) is 16.7 Å². The number of carbonyl (C=O) groups is 1. The van der Waals surface area contributed by atoms with Crippen molar-refractivity contribution in [1.29, 1.82) is 0 Å². The lowest BCUT2D eigenvalue weighted by molar-refractivity contribution is 0.170. The first-order valence-electron chi connectivity index (χ1n) is 9.06. The summed E-state index contributed by atoms with van der Waals surface area (Å²) >= 11 is 0. The number of nitrogens with zero attached hydrogens (tertiary/aromatic N) is 1. The third-order valence-electron chi connectivity index (χ3n) is 4.66. The molecule has 9 nitrogen and oxygen atoms in total. The van der Waals surface area contributed by atoms with Crippen molar-refractivity contribution in [3.63, 3.8) is 0 Å². The summed E-state index contributed by atoms with van der Waals surface area (Å²) in [4.78, 5) is 25.2. The first kappa shape index (κ1) is 23.3. The Labute approximate surface area is 181 Å². The minimum absolute atomic E-state index is 0.0951. The summed E-state index contributed by atoms with van der Waals surface area (Å²) in [5.74, 6) is -1.51. The summed E-state index contributed by atoms with van der Waals surface area (Å²) < 4.78 is 61.9. The summed E-state index contributed by atoms with van der Waals surface area (Å²) in [6, 6.07) is 5.70. The summed E-state index contributed by atoms with van der Waals surface area (Å²) in [7, 11) is -1.27. The van der Waals surface area contributed by atoms with Crippen LogP contribution in [0.3, 0.4) is 0 Å². The number of sulfonamides is 1. The van der Waals surface area contributed by atoms with Gasteiger partial charge >= 0.3 is 11.7 Å². The molecule has 0 saturated carbocycles. The highest BCUT2D eigenvalue weighted by molar-refractivity contribution is 7.89. The van der Waals surface area contributed by atoms with E-state index in [4.69, 9.17) is 20.0 Å². The van der Waals surface area contributed by atoms with Gasteiger partial charge in [-0.05, 0) is 23.8 Å². The largest absolute Gasteiger partial charge is 0.422 e. The Hall–Kier alpha value is -3.35. The molecule has 0 aliphatic rings. The molecule has 0 aliphatic carbocycles. The number of benzene rings is 2. The number of ether oxygens (including phenoxy) is 1. The topological polar surface area (TPSA) is 146 Å². The van der Waals surface area contributed by atoms with Crippen molar-refractivity contribution in [2.75, 3.05) is 14.1 Å². The van der Waals surface area contributed by atoms with Crippen molar-refractivity contribution in [3.8, 4) is 5.75 Å². The molecule has 1 amide bonds. The van der Waals surface area contributed by atoms with E-state index >= 15 is 0 Å². The van der Waals surface area contributed by atoms with Crippen LogP contribution in [0.1, 0.15) is 22.7 Å². The van der Waals surface area contributed by atoms with Crippen LogP contribution >= 0.6 is 0 Å². The van der Waals surface area contributed by atoms with Gasteiger partial charge in [0.15, 0.2) is 11.6 Å². The second-order valence-electron chi connectivity index (χ2n) is 7.05. The highest BCUT2D eigenvalue weighted by Gasteiger charge is 2.24. The van der Waals surface area contributed by atoms with Gasteiger partial charge in [-0.1, -0.05) is 12.1 Å². The third kappa shape index (κ3) is 4.47. The zero-order valence-corrected chi connectivity index (χ0v) is 17.8. The molecule has 1 aromatic heterocycles. The number of primary sulfonamides is 1. The van der Waals surface area contributed by atoms with Crippen LogP contribution in [0.5, 0.6) is 5.75 Å². The molecule has 0 radical (unpaired) electrons. The fourth-order valence-corrected chi connectivity index (χ4v) is 3.62. The van der Waals surface area contributed by atoms with Crippen LogP contribution in [0.15, 0.2) is 50.5 Å². The number of hydrogen-bond acceptors (Lipinski definition) is 7. The molecule has 170 valence electrons. The molecule has 2 aromatic carbocycles. The van der Waals surface area contributed by atoms with E-state index in [0.717, 1.165) is 23.1 Å². The molecular formula is C20H19F2N3O6S. The quantitative estimate of drug-likeness (QED) is 0.547. The summed E-state index contributed by atoms with van der Waals surface area (Å²) in [6.45, 7) is -1.20. The van der Waals surface area contributed by atoms with Crippen molar-refractivity contribution in [2.24, 2.45) is 10.9 Å².